The molecule has 1 aromatic heterocycles. The lowest BCUT2D eigenvalue weighted by molar-refractivity contribution is -0.161. The van der Waals surface area contributed by atoms with E-state index in [0.717, 1.165) is 22.3 Å². The lowest BCUT2D eigenvalue weighted by Gasteiger charge is -2.49. The van der Waals surface area contributed by atoms with Gasteiger partial charge in [0.2, 0.25) is 5.60 Å². The van der Waals surface area contributed by atoms with E-state index < -0.39 is 63.9 Å². The van der Waals surface area contributed by atoms with E-state index in [9.17, 15) is 44.4 Å². The number of nitrogen functional groups attached to an aromatic ring is 1. The predicted molar refractivity (Wildman–Crippen MR) is 158 cm³/mol. The van der Waals surface area contributed by atoms with Crippen molar-refractivity contribution in [2.45, 2.75) is 37.3 Å². The van der Waals surface area contributed by atoms with Gasteiger partial charge in [0.15, 0.2) is 22.3 Å². The van der Waals surface area contributed by atoms with E-state index in [4.69, 9.17) is 15.3 Å². The van der Waals surface area contributed by atoms with Crippen LogP contribution in [0.1, 0.15) is 36.3 Å². The number of benzene rings is 1. The molecule has 0 saturated carbocycles. The molecule has 2 atom stereocenters. The summed E-state index contributed by atoms with van der Waals surface area (Å²) in [6, 6.07) is 1.10. The molecule has 0 bridgehead atoms. The average Bonchev–Trinajstić information content (AvgIpc) is 3.39. The Bertz CT molecular complexity index is 1600. The summed E-state index contributed by atoms with van der Waals surface area (Å²) in [5, 5.41) is 45.4. The number of thiazole rings is 1. The Morgan fingerprint density at radius 2 is 1.95 bits per heavy atom. The van der Waals surface area contributed by atoms with E-state index in [1.165, 1.54) is 37.1 Å². The molecular weight excluding hydrogens is 690 g/mol. The van der Waals surface area contributed by atoms with Crippen LogP contribution in [0.4, 0.5) is 5.13 Å². The van der Waals surface area contributed by atoms with Gasteiger partial charge in [-0.05, 0) is 47.5 Å². The number of amides is 2. The maximum absolute atomic E-state index is 13.2. The molecule has 7 N–H and O–H groups in total. The van der Waals surface area contributed by atoms with Crippen LogP contribution >= 0.6 is 39.0 Å². The van der Waals surface area contributed by atoms with Crippen LogP contribution in [0.5, 0.6) is 11.5 Å². The third-order valence-electron chi connectivity index (χ3n) is 6.31. The van der Waals surface area contributed by atoms with E-state index in [1.54, 1.807) is 0 Å². The van der Waals surface area contributed by atoms with E-state index in [1.807, 2.05) is 0 Å². The molecule has 2 aromatic rings. The van der Waals surface area contributed by atoms with Crippen LogP contribution in [0.25, 0.3) is 0 Å². The number of nitrogens with one attached hydrogen (secondary N) is 1. The number of phenols is 2. The summed E-state index contributed by atoms with van der Waals surface area (Å²) in [4.78, 5) is 72.3. The van der Waals surface area contributed by atoms with Gasteiger partial charge in [-0.1, -0.05) is 5.16 Å². The van der Waals surface area contributed by atoms with Gasteiger partial charge in [-0.3, -0.25) is 14.5 Å². The van der Waals surface area contributed by atoms with Crippen molar-refractivity contribution in [3.05, 3.63) is 44.5 Å². The largest absolute Gasteiger partial charge is 0.504 e. The Morgan fingerprint density at radius 3 is 2.55 bits per heavy atom. The number of carboxylic acids is 2. The van der Waals surface area contributed by atoms with Crippen molar-refractivity contribution in [2.24, 2.45) is 5.16 Å². The predicted octanol–water partition coefficient (Wildman–Crippen LogP) is 1.47. The number of ether oxygens (including phenoxy) is 1. The fourth-order valence-electron chi connectivity index (χ4n) is 3.94. The Hall–Kier alpha value is -4.36. The zero-order chi connectivity index (χ0) is 32.5. The number of oxime groups is 1. The second kappa shape index (κ2) is 12.7. The Labute approximate surface area is 264 Å². The van der Waals surface area contributed by atoms with Crippen molar-refractivity contribution in [1.82, 2.24) is 15.2 Å². The van der Waals surface area contributed by atoms with Crippen molar-refractivity contribution >= 4 is 79.6 Å². The lowest BCUT2D eigenvalue weighted by atomic mass is 10.0. The van der Waals surface area contributed by atoms with Crippen molar-refractivity contribution in [1.29, 1.82) is 0 Å². The number of nitrogens with two attached hydrogens (primary N) is 1. The molecule has 4 rings (SSSR count). The van der Waals surface area contributed by atoms with Gasteiger partial charge in [0.05, 0.1) is 16.6 Å². The molecule has 234 valence electrons. The number of aliphatic carboxylic acids is 2. The van der Waals surface area contributed by atoms with Crippen molar-refractivity contribution in [2.75, 3.05) is 18.1 Å². The van der Waals surface area contributed by atoms with Crippen molar-refractivity contribution in [3.8, 4) is 11.5 Å². The maximum Gasteiger partial charge on any atom is 0.352 e. The number of anilines is 1. The first kappa shape index (κ1) is 32.6. The first-order chi connectivity index (χ1) is 20.6. The van der Waals surface area contributed by atoms with Gasteiger partial charge in [0.25, 0.3) is 11.8 Å². The molecule has 2 aliphatic rings. The number of aromatic nitrogens is 1. The number of phenolic OH excluding ortho intramolecular Hbond substituents is 2. The van der Waals surface area contributed by atoms with Crippen LogP contribution in [0, 0.1) is 0 Å². The minimum atomic E-state index is -1.80. The molecule has 2 aliphatic heterocycles. The van der Waals surface area contributed by atoms with Crippen molar-refractivity contribution < 1.29 is 54.0 Å². The first-order valence-electron chi connectivity index (χ1n) is 12.4. The molecule has 1 aromatic carbocycles. The normalized spacial score (nSPS) is 18.3. The maximum atomic E-state index is 13.2. The molecule has 1 unspecified atom stereocenters. The van der Waals surface area contributed by atoms with E-state index in [0.29, 0.717) is 5.57 Å². The van der Waals surface area contributed by atoms with Crippen LogP contribution in [0.3, 0.4) is 0 Å². The number of hydrogen-bond acceptors (Lipinski definition) is 14. The molecule has 16 nitrogen and oxygen atoms in total. The number of fused-ring (bicyclic) bond motifs is 1. The quantitative estimate of drug-likeness (QED) is 0.0634. The number of nitrogens with zero attached hydrogens (tertiary/aromatic N) is 3. The molecule has 0 spiro atoms. The standard InChI is InChI=1S/C25H24BrN5O11S2/c1-25(2,23(39)40)42-30-14(12-8-44-24(27)28-12)18(34)29-15-19(35)31-16(21(36)37)9(7-43-20(15)31)3-4-41-22(38)10-5-11(26)17(33)13(32)6-10/h5-6,8,15,20,32-33H,3-4,7H2,1-2H3,(H2,27,28)(H,29,34)(H,36,37)(H,39,40)/b30-14-/t15-,20?/m1/s1. The number of aromatic hydroxyl groups is 2. The van der Waals surface area contributed by atoms with Gasteiger partial charge in [-0.15, -0.1) is 23.1 Å². The van der Waals surface area contributed by atoms with Gasteiger partial charge in [0.1, 0.15) is 22.8 Å². The molecule has 44 heavy (non-hydrogen) atoms. The number of rotatable bonds is 11. The Morgan fingerprint density at radius 1 is 1.25 bits per heavy atom. The highest BCUT2D eigenvalue weighted by Crippen LogP contribution is 2.41. The summed E-state index contributed by atoms with van der Waals surface area (Å²) < 4.78 is 5.26. The van der Waals surface area contributed by atoms with Crippen LogP contribution in [-0.4, -0.2) is 95.1 Å². The number of carbonyl (C=O) groups is 5. The summed E-state index contributed by atoms with van der Waals surface area (Å²) in [6.45, 7) is 2.18. The second-order valence-corrected chi connectivity index (χ2v) is 12.6. The zero-order valence-corrected chi connectivity index (χ0v) is 26.0. The number of thioether (sulfide) groups is 1. The van der Waals surface area contributed by atoms with Gasteiger partial charge in [-0.2, -0.15) is 0 Å². The summed E-state index contributed by atoms with van der Waals surface area (Å²) >= 11 is 5.16. The minimum absolute atomic E-state index is 0.0241. The second-order valence-electron chi connectivity index (χ2n) is 9.75. The molecule has 19 heteroatoms. The summed E-state index contributed by atoms with van der Waals surface area (Å²) in [7, 11) is 0. The fourth-order valence-corrected chi connectivity index (χ4v) is 6.32. The highest BCUT2D eigenvalue weighted by Gasteiger charge is 2.54. The summed E-state index contributed by atoms with van der Waals surface area (Å²) in [5.74, 6) is -6.10. The van der Waals surface area contributed by atoms with Crippen LogP contribution in [0.2, 0.25) is 0 Å². The lowest BCUT2D eigenvalue weighted by Crippen LogP contribution is -2.71. The summed E-state index contributed by atoms with van der Waals surface area (Å²) in [5.41, 5.74) is 3.34. The van der Waals surface area contributed by atoms with Crippen LogP contribution in [0.15, 0.2) is 38.4 Å². The Balaban J connectivity index is 1.46. The van der Waals surface area contributed by atoms with Crippen molar-refractivity contribution in [3.63, 3.8) is 0 Å². The SMILES string of the molecule is CC(C)(O/N=C(\C(=O)N[C@@H]1C(=O)N2C(C(=O)O)=C(CCOC(=O)c3cc(O)c(O)c(Br)c3)CSC12)c1csc(N)n1)C(=O)O. The first-order valence-corrected chi connectivity index (χ1v) is 15.1. The minimum Gasteiger partial charge on any atom is -0.504 e. The van der Waals surface area contributed by atoms with E-state index in [2.05, 4.69) is 31.4 Å². The van der Waals surface area contributed by atoms with Gasteiger partial charge < -0.3 is 41.1 Å². The van der Waals surface area contributed by atoms with Crippen LogP contribution < -0.4 is 11.1 Å². The highest BCUT2D eigenvalue weighted by atomic mass is 79.9. The third-order valence-corrected chi connectivity index (χ3v) is 8.93. The van der Waals surface area contributed by atoms with E-state index in [-0.39, 0.29) is 45.3 Å². The molecule has 0 aliphatic carbocycles. The highest BCUT2D eigenvalue weighted by molar-refractivity contribution is 9.10. The smallest absolute Gasteiger partial charge is 0.352 e. The summed E-state index contributed by atoms with van der Waals surface area (Å²) in [6.07, 6.45) is -0.0299. The average molecular weight is 715 g/mol. The molecule has 1 saturated heterocycles. The van der Waals surface area contributed by atoms with Gasteiger partial charge in [-0.25, -0.2) is 19.4 Å². The third kappa shape index (κ3) is 6.58. The van der Waals surface area contributed by atoms with Crippen LogP contribution in [-0.2, 0) is 28.8 Å². The molecule has 0 radical (unpaired) electrons. The topological polar surface area (TPSA) is 251 Å². The monoisotopic (exact) mass is 713 g/mol. The molecule has 3 heterocycles. The number of β-lactam (4-membered cyclic amide) rings is 1. The molecular formula is C25H24BrN5O11S2. The molecule has 2 amide bonds. The Kier molecular flexibility index (Phi) is 9.40. The fraction of sp³-hybridized carbons (Fsp3) is 0.320. The zero-order valence-electron chi connectivity index (χ0n) is 22.8. The number of hydrogen-bond donors (Lipinski definition) is 6. The number of carboxylic acid groups (broad SMARTS) is 2. The molecule has 1 fully saturated rings. The number of carbonyl (C=O) groups excluding carboxylic acids is 3. The van der Waals surface area contributed by atoms with Gasteiger partial charge in [0, 0.05) is 17.6 Å². The van der Waals surface area contributed by atoms with E-state index >= 15 is 0 Å². The van der Waals surface area contributed by atoms with Gasteiger partial charge >= 0.3 is 17.9 Å². The number of halogens is 1. The number of esters is 1.